The number of hydrogen-bond acceptors (Lipinski definition) is 4. The number of nitrogens with one attached hydrogen (secondary N) is 2. The van der Waals surface area contributed by atoms with Gasteiger partial charge in [-0.15, -0.1) is 0 Å². The summed E-state index contributed by atoms with van der Waals surface area (Å²) in [5.41, 5.74) is 3.00. The molecule has 0 bridgehead atoms. The fourth-order valence-electron chi connectivity index (χ4n) is 6.02. The first-order valence-electron chi connectivity index (χ1n) is 12.5. The lowest BCUT2D eigenvalue weighted by atomic mass is 9.80. The number of piperidine rings is 1. The van der Waals surface area contributed by atoms with Crippen LogP contribution in [0.3, 0.4) is 0 Å². The molecule has 172 valence electrons. The van der Waals surface area contributed by atoms with Gasteiger partial charge in [-0.05, 0) is 68.1 Å². The van der Waals surface area contributed by atoms with E-state index in [1.807, 2.05) is 6.07 Å². The van der Waals surface area contributed by atoms with Crippen LogP contribution in [-0.2, 0) is 22.6 Å². The molecule has 6 heteroatoms. The molecule has 2 heterocycles. The molecule has 2 aliphatic heterocycles. The summed E-state index contributed by atoms with van der Waals surface area (Å²) in [7, 11) is 0. The van der Waals surface area contributed by atoms with E-state index in [-0.39, 0.29) is 24.1 Å². The quantitative estimate of drug-likeness (QED) is 0.642. The number of imide groups is 1. The Hall–Kier alpha value is -2.21. The normalized spacial score (nSPS) is 29.1. The van der Waals surface area contributed by atoms with E-state index >= 15 is 0 Å². The highest BCUT2D eigenvalue weighted by molar-refractivity contribution is 6.05. The molecule has 0 spiro atoms. The molecule has 2 aliphatic carbocycles. The number of hydrogen-bond donors (Lipinski definition) is 2. The molecule has 4 atom stereocenters. The van der Waals surface area contributed by atoms with E-state index in [0.29, 0.717) is 36.5 Å². The second-order valence-electron chi connectivity index (χ2n) is 10.5. The van der Waals surface area contributed by atoms with Gasteiger partial charge in [0.15, 0.2) is 0 Å². The van der Waals surface area contributed by atoms with Crippen molar-refractivity contribution >= 4 is 17.7 Å². The average molecular weight is 438 g/mol. The van der Waals surface area contributed by atoms with Crippen LogP contribution in [0.1, 0.15) is 86.2 Å². The van der Waals surface area contributed by atoms with E-state index in [1.54, 1.807) is 4.90 Å². The Labute approximate surface area is 190 Å². The van der Waals surface area contributed by atoms with Gasteiger partial charge in [0.2, 0.25) is 11.8 Å². The maximum absolute atomic E-state index is 12.9. The maximum atomic E-state index is 12.9. The Morgan fingerprint density at radius 2 is 1.91 bits per heavy atom. The second-order valence-corrected chi connectivity index (χ2v) is 10.5. The monoisotopic (exact) mass is 437 g/mol. The molecule has 3 fully saturated rings. The summed E-state index contributed by atoms with van der Waals surface area (Å²) in [5, 5.41) is 6.32. The van der Waals surface area contributed by atoms with Crippen LogP contribution in [-0.4, -0.2) is 40.7 Å². The molecule has 6 nitrogen and oxygen atoms in total. The first kappa shape index (κ1) is 21.6. The van der Waals surface area contributed by atoms with Crippen molar-refractivity contribution in [1.82, 2.24) is 15.5 Å². The van der Waals surface area contributed by atoms with Crippen LogP contribution in [0.15, 0.2) is 18.2 Å². The number of fused-ring (bicyclic) bond motifs is 1. The SMILES string of the molecule is C[C@H](CC1CC1)N[C@H]1CCCC[C@@H]1Cc1ccc2c(c1)CN(C1CCC(=O)NC1=O)C2=O. The van der Waals surface area contributed by atoms with E-state index in [4.69, 9.17) is 0 Å². The lowest BCUT2D eigenvalue weighted by Gasteiger charge is -2.35. The molecule has 5 rings (SSSR count). The second kappa shape index (κ2) is 8.97. The minimum absolute atomic E-state index is 0.0906. The van der Waals surface area contributed by atoms with Gasteiger partial charge in [0.25, 0.3) is 5.91 Å². The lowest BCUT2D eigenvalue weighted by molar-refractivity contribution is -0.136. The third-order valence-corrected chi connectivity index (χ3v) is 7.88. The molecule has 1 unspecified atom stereocenters. The van der Waals surface area contributed by atoms with Crippen molar-refractivity contribution in [3.8, 4) is 0 Å². The maximum Gasteiger partial charge on any atom is 0.255 e. The topological polar surface area (TPSA) is 78.5 Å². The summed E-state index contributed by atoms with van der Waals surface area (Å²) >= 11 is 0. The largest absolute Gasteiger partial charge is 0.322 e. The first-order chi connectivity index (χ1) is 15.5. The van der Waals surface area contributed by atoms with Gasteiger partial charge in [0.05, 0.1) is 0 Å². The molecular formula is C26H35N3O3. The van der Waals surface area contributed by atoms with E-state index < -0.39 is 6.04 Å². The highest BCUT2D eigenvalue weighted by Gasteiger charge is 2.39. The number of rotatable bonds is 7. The van der Waals surface area contributed by atoms with Gasteiger partial charge >= 0.3 is 0 Å². The van der Waals surface area contributed by atoms with Crippen LogP contribution in [0.4, 0.5) is 0 Å². The number of benzene rings is 1. The zero-order valence-electron chi connectivity index (χ0n) is 19.1. The summed E-state index contributed by atoms with van der Waals surface area (Å²) in [6.07, 6.45) is 11.0. The van der Waals surface area contributed by atoms with Crippen molar-refractivity contribution < 1.29 is 14.4 Å². The van der Waals surface area contributed by atoms with E-state index in [9.17, 15) is 14.4 Å². The Morgan fingerprint density at radius 3 is 2.69 bits per heavy atom. The molecule has 1 aromatic carbocycles. The minimum atomic E-state index is -0.545. The molecule has 0 aromatic heterocycles. The third kappa shape index (κ3) is 4.61. The van der Waals surface area contributed by atoms with Crippen LogP contribution >= 0.6 is 0 Å². The summed E-state index contributed by atoms with van der Waals surface area (Å²) < 4.78 is 0. The van der Waals surface area contributed by atoms with Gasteiger partial charge in [0, 0.05) is 30.6 Å². The molecule has 2 saturated carbocycles. The number of carbonyl (C=O) groups is 3. The predicted octanol–water partition coefficient (Wildman–Crippen LogP) is 3.33. The highest BCUT2D eigenvalue weighted by atomic mass is 16.2. The number of nitrogens with zero attached hydrogens (tertiary/aromatic N) is 1. The highest BCUT2D eigenvalue weighted by Crippen LogP contribution is 2.35. The van der Waals surface area contributed by atoms with Crippen molar-refractivity contribution in [1.29, 1.82) is 0 Å². The van der Waals surface area contributed by atoms with Crippen LogP contribution in [0, 0.1) is 11.8 Å². The molecule has 32 heavy (non-hydrogen) atoms. The average Bonchev–Trinajstić information content (AvgIpc) is 3.51. The van der Waals surface area contributed by atoms with Crippen LogP contribution in [0.25, 0.3) is 0 Å². The molecule has 4 aliphatic rings. The number of amides is 3. The van der Waals surface area contributed by atoms with Crippen molar-refractivity contribution in [3.63, 3.8) is 0 Å². The molecule has 1 saturated heterocycles. The van der Waals surface area contributed by atoms with Gasteiger partial charge in [-0.1, -0.05) is 37.8 Å². The first-order valence-corrected chi connectivity index (χ1v) is 12.5. The standard InChI is InChI=1S/C26H35N3O3/c1-16(12-17-6-7-17)27-22-5-3-2-4-19(22)13-18-8-9-21-20(14-18)15-29(26(21)32)23-10-11-24(30)28-25(23)31/h8-9,14,16-17,19,22-23,27H,2-7,10-13,15H2,1H3,(H,28,30,31)/t16-,19-,22+,23?/m1/s1. The number of carbonyl (C=O) groups excluding carboxylic acids is 3. The van der Waals surface area contributed by atoms with Gasteiger partial charge in [-0.25, -0.2) is 0 Å². The zero-order valence-corrected chi connectivity index (χ0v) is 19.1. The van der Waals surface area contributed by atoms with Crippen molar-refractivity contribution in [2.75, 3.05) is 0 Å². The fraction of sp³-hybridized carbons (Fsp3) is 0.654. The molecular weight excluding hydrogens is 402 g/mol. The smallest absolute Gasteiger partial charge is 0.255 e. The van der Waals surface area contributed by atoms with Crippen molar-refractivity contribution in [2.45, 2.75) is 95.8 Å². The molecule has 0 radical (unpaired) electrons. The van der Waals surface area contributed by atoms with Gasteiger partial charge < -0.3 is 10.2 Å². The third-order valence-electron chi connectivity index (χ3n) is 7.88. The Morgan fingerprint density at radius 1 is 1.09 bits per heavy atom. The molecule has 1 aromatic rings. The summed E-state index contributed by atoms with van der Waals surface area (Å²) in [6, 6.07) is 6.85. The Balaban J connectivity index is 1.25. The summed E-state index contributed by atoms with van der Waals surface area (Å²) in [6.45, 7) is 2.80. The van der Waals surface area contributed by atoms with E-state index in [2.05, 4.69) is 29.7 Å². The van der Waals surface area contributed by atoms with E-state index in [0.717, 1.165) is 17.9 Å². The van der Waals surface area contributed by atoms with Gasteiger partial charge in [0.1, 0.15) is 6.04 Å². The zero-order chi connectivity index (χ0) is 22.2. The Bertz CT molecular complexity index is 910. The van der Waals surface area contributed by atoms with Gasteiger partial charge in [-0.2, -0.15) is 0 Å². The fourth-order valence-corrected chi connectivity index (χ4v) is 6.02. The van der Waals surface area contributed by atoms with Crippen LogP contribution in [0.5, 0.6) is 0 Å². The molecule has 3 amide bonds. The Kier molecular flexibility index (Phi) is 6.06. The summed E-state index contributed by atoms with van der Waals surface area (Å²) in [4.78, 5) is 38.3. The minimum Gasteiger partial charge on any atom is -0.322 e. The molecule has 2 N–H and O–H groups in total. The van der Waals surface area contributed by atoms with E-state index in [1.165, 1.54) is 50.5 Å². The summed E-state index contributed by atoms with van der Waals surface area (Å²) in [5.74, 6) is 0.888. The van der Waals surface area contributed by atoms with Gasteiger partial charge in [-0.3, -0.25) is 19.7 Å². The van der Waals surface area contributed by atoms with Crippen LogP contribution in [0.2, 0.25) is 0 Å². The van der Waals surface area contributed by atoms with Crippen LogP contribution < -0.4 is 10.6 Å². The van der Waals surface area contributed by atoms with Crippen molar-refractivity contribution in [2.24, 2.45) is 11.8 Å². The van der Waals surface area contributed by atoms with Crippen molar-refractivity contribution in [3.05, 3.63) is 34.9 Å². The predicted molar refractivity (Wildman–Crippen MR) is 122 cm³/mol. The lowest BCUT2D eigenvalue weighted by Crippen LogP contribution is -2.52.